The van der Waals surface area contributed by atoms with Crippen molar-refractivity contribution in [3.63, 3.8) is 0 Å². The summed E-state index contributed by atoms with van der Waals surface area (Å²) in [4.78, 5) is 15.0. The molecule has 5 nitrogen and oxygen atoms in total. The van der Waals surface area contributed by atoms with Gasteiger partial charge in [-0.2, -0.15) is 13.2 Å². The van der Waals surface area contributed by atoms with E-state index in [2.05, 4.69) is 4.98 Å². The summed E-state index contributed by atoms with van der Waals surface area (Å²) in [6.45, 7) is 0.802. The molecule has 0 bridgehead atoms. The second kappa shape index (κ2) is 7.24. The molecule has 0 amide bonds. The summed E-state index contributed by atoms with van der Waals surface area (Å²) in [7, 11) is 1.30. The van der Waals surface area contributed by atoms with Crippen molar-refractivity contribution in [1.82, 2.24) is 4.98 Å². The summed E-state index contributed by atoms with van der Waals surface area (Å²) in [6.07, 6.45) is -3.46. The molecule has 9 heteroatoms. The van der Waals surface area contributed by atoms with Gasteiger partial charge in [0.15, 0.2) is 12.4 Å². The lowest BCUT2D eigenvalue weighted by Gasteiger charge is -2.35. The van der Waals surface area contributed by atoms with Crippen molar-refractivity contribution < 1.29 is 32.2 Å². The van der Waals surface area contributed by atoms with Crippen LogP contribution in [0.3, 0.4) is 0 Å². The molecule has 2 aromatic rings. The molecule has 1 aliphatic rings. The number of ether oxygens (including phenoxy) is 3. The number of hydrogen-bond donors (Lipinski definition) is 1. The van der Waals surface area contributed by atoms with Crippen molar-refractivity contribution in [3.05, 3.63) is 28.4 Å². The Bertz CT molecular complexity index is 864. The van der Waals surface area contributed by atoms with Gasteiger partial charge in [-0.05, 0) is 24.5 Å². The summed E-state index contributed by atoms with van der Waals surface area (Å²) in [5.74, 6) is -0.501. The quantitative estimate of drug-likeness (QED) is 0.744. The minimum absolute atomic E-state index is 0.00764. The fourth-order valence-electron chi connectivity index (χ4n) is 3.48. The lowest BCUT2D eigenvalue weighted by atomic mass is 9.86. The number of H-pyrrole nitrogens is 1. The minimum Gasteiger partial charge on any atom is -0.480 e. The third-order valence-corrected chi connectivity index (χ3v) is 5.08. The van der Waals surface area contributed by atoms with Gasteiger partial charge in [-0.1, -0.05) is 24.6 Å². The molecule has 3 rings (SSSR count). The van der Waals surface area contributed by atoms with E-state index in [1.165, 1.54) is 13.2 Å². The van der Waals surface area contributed by atoms with Crippen LogP contribution in [0.25, 0.3) is 10.9 Å². The van der Waals surface area contributed by atoms with Gasteiger partial charge >= 0.3 is 12.1 Å². The smallest absolute Gasteiger partial charge is 0.422 e. The Morgan fingerprint density at radius 3 is 2.78 bits per heavy atom. The molecule has 0 saturated carbocycles. The number of aromatic nitrogens is 1. The van der Waals surface area contributed by atoms with E-state index in [9.17, 15) is 18.0 Å². The molecule has 1 aliphatic heterocycles. The van der Waals surface area contributed by atoms with E-state index in [0.717, 1.165) is 5.56 Å². The van der Waals surface area contributed by atoms with Crippen molar-refractivity contribution in [2.75, 3.05) is 20.3 Å². The Balaban J connectivity index is 2.13. The van der Waals surface area contributed by atoms with Crippen LogP contribution >= 0.6 is 11.6 Å². The summed E-state index contributed by atoms with van der Waals surface area (Å²) >= 11 is 6.09. The van der Waals surface area contributed by atoms with E-state index < -0.39 is 24.4 Å². The van der Waals surface area contributed by atoms with Gasteiger partial charge in [0.25, 0.3) is 0 Å². The first-order valence-electron chi connectivity index (χ1n) is 8.44. The standard InChI is InChI=1S/C18H19ClF3NO4/c1-3-17(8-13(24)25-2)16-11(6-7-27-17)10-4-5-12(19)15(14(10)23-16)26-9-18(20,21)22/h4-5,23H,3,6-9H2,1-2H3. The van der Waals surface area contributed by atoms with Crippen LogP contribution in [0.15, 0.2) is 12.1 Å². The van der Waals surface area contributed by atoms with Crippen LogP contribution in [0, 0.1) is 0 Å². The van der Waals surface area contributed by atoms with E-state index in [1.807, 2.05) is 6.92 Å². The highest BCUT2D eigenvalue weighted by Gasteiger charge is 2.41. The fraction of sp³-hybridized carbons (Fsp3) is 0.500. The normalized spacial score (nSPS) is 19.8. The number of hydrogen-bond acceptors (Lipinski definition) is 4. The molecule has 0 aliphatic carbocycles. The fourth-order valence-corrected chi connectivity index (χ4v) is 3.69. The number of esters is 1. The van der Waals surface area contributed by atoms with Gasteiger partial charge < -0.3 is 19.2 Å². The van der Waals surface area contributed by atoms with Crippen LogP contribution in [0.2, 0.25) is 5.02 Å². The van der Waals surface area contributed by atoms with E-state index in [-0.39, 0.29) is 17.2 Å². The predicted octanol–water partition coefficient (Wildman–Crippen LogP) is 4.50. The number of halogens is 4. The monoisotopic (exact) mass is 405 g/mol. The second-order valence-corrected chi connectivity index (χ2v) is 6.79. The van der Waals surface area contributed by atoms with Gasteiger partial charge in [0.2, 0.25) is 0 Å². The summed E-state index contributed by atoms with van der Waals surface area (Å²) in [5, 5.41) is 0.777. The number of fused-ring (bicyclic) bond motifs is 3. The number of benzene rings is 1. The highest BCUT2D eigenvalue weighted by Crippen LogP contribution is 2.45. The van der Waals surface area contributed by atoms with Crippen LogP contribution in [-0.2, 0) is 26.3 Å². The lowest BCUT2D eigenvalue weighted by Crippen LogP contribution is -2.37. The van der Waals surface area contributed by atoms with Crippen molar-refractivity contribution in [2.45, 2.75) is 38.0 Å². The Morgan fingerprint density at radius 1 is 1.41 bits per heavy atom. The molecule has 0 radical (unpaired) electrons. The third-order valence-electron chi connectivity index (χ3n) is 4.78. The first-order chi connectivity index (χ1) is 12.7. The van der Waals surface area contributed by atoms with Crippen LogP contribution in [-0.4, -0.2) is 37.5 Å². The molecular weight excluding hydrogens is 387 g/mol. The molecule has 0 saturated heterocycles. The minimum atomic E-state index is -4.49. The number of carbonyl (C=O) groups is 1. The zero-order valence-electron chi connectivity index (χ0n) is 14.8. The number of carbonyl (C=O) groups excluding carboxylic acids is 1. The van der Waals surface area contributed by atoms with Crippen molar-refractivity contribution >= 4 is 28.5 Å². The molecule has 1 aromatic heterocycles. The van der Waals surface area contributed by atoms with E-state index >= 15 is 0 Å². The summed E-state index contributed by atoms with van der Waals surface area (Å²) < 4.78 is 53.5. The Labute approximate surface area is 158 Å². The molecular formula is C18H19ClF3NO4. The topological polar surface area (TPSA) is 60.5 Å². The van der Waals surface area contributed by atoms with Gasteiger partial charge in [-0.15, -0.1) is 0 Å². The predicted molar refractivity (Wildman–Crippen MR) is 93.1 cm³/mol. The van der Waals surface area contributed by atoms with E-state index in [1.54, 1.807) is 6.07 Å². The molecule has 0 spiro atoms. The maximum Gasteiger partial charge on any atom is 0.422 e. The maximum atomic E-state index is 12.6. The van der Waals surface area contributed by atoms with Gasteiger partial charge in [0.1, 0.15) is 5.60 Å². The number of rotatable bonds is 5. The molecule has 1 N–H and O–H groups in total. The lowest BCUT2D eigenvalue weighted by molar-refractivity contribution is -0.153. The van der Waals surface area contributed by atoms with Gasteiger partial charge in [-0.3, -0.25) is 4.79 Å². The number of aromatic amines is 1. The highest BCUT2D eigenvalue weighted by molar-refractivity contribution is 6.33. The highest BCUT2D eigenvalue weighted by atomic mass is 35.5. The average molecular weight is 406 g/mol. The maximum absolute atomic E-state index is 12.6. The van der Waals surface area contributed by atoms with Gasteiger partial charge in [0, 0.05) is 5.39 Å². The van der Waals surface area contributed by atoms with Crippen molar-refractivity contribution in [2.24, 2.45) is 0 Å². The second-order valence-electron chi connectivity index (χ2n) is 6.38. The number of alkyl halides is 3. The SMILES string of the molecule is CCC1(CC(=O)OC)OCCc2c1[nH]c1c(OCC(F)(F)F)c(Cl)ccc21. The summed E-state index contributed by atoms with van der Waals surface area (Å²) in [6, 6.07) is 3.24. The van der Waals surface area contributed by atoms with Crippen LogP contribution in [0.5, 0.6) is 5.75 Å². The molecule has 1 atom stereocenters. The Morgan fingerprint density at radius 2 is 2.15 bits per heavy atom. The number of methoxy groups -OCH3 is 1. The molecule has 1 unspecified atom stereocenters. The van der Waals surface area contributed by atoms with Crippen molar-refractivity contribution in [3.8, 4) is 5.75 Å². The Hall–Kier alpha value is -1.93. The van der Waals surface area contributed by atoms with Gasteiger partial charge in [-0.25, -0.2) is 0 Å². The largest absolute Gasteiger partial charge is 0.480 e. The third kappa shape index (κ3) is 3.73. The van der Waals surface area contributed by atoms with Crippen molar-refractivity contribution in [1.29, 1.82) is 0 Å². The molecule has 2 heterocycles. The van der Waals surface area contributed by atoms with Crippen LogP contribution in [0.4, 0.5) is 13.2 Å². The molecule has 0 fully saturated rings. The number of nitrogens with one attached hydrogen (secondary N) is 1. The zero-order chi connectivity index (χ0) is 19.8. The van der Waals surface area contributed by atoms with Gasteiger partial charge in [0.05, 0.1) is 36.4 Å². The van der Waals surface area contributed by atoms with Crippen LogP contribution < -0.4 is 4.74 Å². The molecule has 148 valence electrons. The van der Waals surface area contributed by atoms with E-state index in [4.69, 9.17) is 25.8 Å². The zero-order valence-corrected chi connectivity index (χ0v) is 15.6. The first kappa shape index (κ1) is 19.8. The summed E-state index contributed by atoms with van der Waals surface area (Å²) in [5.41, 5.74) is 0.962. The molecule has 1 aromatic carbocycles. The van der Waals surface area contributed by atoms with Crippen LogP contribution in [0.1, 0.15) is 31.0 Å². The van der Waals surface area contributed by atoms with E-state index in [0.29, 0.717) is 36.0 Å². The average Bonchev–Trinajstić information content (AvgIpc) is 3.00. The first-order valence-corrected chi connectivity index (χ1v) is 8.82. The molecule has 27 heavy (non-hydrogen) atoms. The Kier molecular flexibility index (Phi) is 5.31.